The van der Waals surface area contributed by atoms with Crippen LogP contribution < -0.4 is 4.74 Å². The summed E-state index contributed by atoms with van der Waals surface area (Å²) in [5, 5.41) is 1.34. The summed E-state index contributed by atoms with van der Waals surface area (Å²) in [5.41, 5.74) is 4.23. The van der Waals surface area contributed by atoms with Crippen LogP contribution >= 0.6 is 0 Å². The van der Waals surface area contributed by atoms with Crippen LogP contribution in [0.1, 0.15) is 37.6 Å². The van der Waals surface area contributed by atoms with E-state index in [2.05, 4.69) is 47.4 Å². The Labute approximate surface area is 132 Å². The van der Waals surface area contributed by atoms with E-state index in [-0.39, 0.29) is 0 Å². The number of aryl methyl sites for hydroxylation is 1. The van der Waals surface area contributed by atoms with Crippen LogP contribution in [-0.4, -0.2) is 29.7 Å². The van der Waals surface area contributed by atoms with Gasteiger partial charge < -0.3 is 9.30 Å². The Morgan fingerprint density at radius 3 is 2.91 bits per heavy atom. The number of fused-ring (bicyclic) bond motifs is 3. The van der Waals surface area contributed by atoms with Crippen molar-refractivity contribution in [2.24, 2.45) is 0 Å². The fraction of sp³-hybridized carbons (Fsp3) is 0.474. The molecular formula is C19H24N2O. The van der Waals surface area contributed by atoms with E-state index in [1.54, 1.807) is 7.11 Å². The topological polar surface area (TPSA) is 17.4 Å². The molecule has 116 valence electrons. The lowest BCUT2D eigenvalue weighted by molar-refractivity contribution is 0.216. The van der Waals surface area contributed by atoms with Crippen molar-refractivity contribution in [1.82, 2.24) is 9.47 Å². The molecule has 0 saturated carbocycles. The minimum Gasteiger partial charge on any atom is -0.497 e. The van der Waals surface area contributed by atoms with E-state index in [1.165, 1.54) is 22.2 Å². The van der Waals surface area contributed by atoms with Crippen LogP contribution in [0.2, 0.25) is 0 Å². The molecule has 1 atom stereocenters. The molecule has 0 fully saturated rings. The summed E-state index contributed by atoms with van der Waals surface area (Å²) in [4.78, 5) is 2.39. The SMILES string of the molecule is C#CCN1CCc2c(n(CCC)c3ccc(OC)cc23)C1C. The Bertz CT molecular complexity index is 723. The van der Waals surface area contributed by atoms with Crippen LogP contribution in [0.4, 0.5) is 0 Å². The molecule has 0 saturated heterocycles. The number of methoxy groups -OCH3 is 1. The van der Waals surface area contributed by atoms with Gasteiger partial charge in [0.05, 0.1) is 13.7 Å². The molecule has 0 aliphatic carbocycles. The van der Waals surface area contributed by atoms with Gasteiger partial charge in [-0.15, -0.1) is 6.42 Å². The zero-order valence-electron chi connectivity index (χ0n) is 13.7. The maximum absolute atomic E-state index is 5.54. The van der Waals surface area contributed by atoms with Crippen molar-refractivity contribution < 1.29 is 4.74 Å². The average Bonchev–Trinajstić information content (AvgIpc) is 2.85. The monoisotopic (exact) mass is 296 g/mol. The number of nitrogens with zero attached hydrogens (tertiary/aromatic N) is 2. The highest BCUT2D eigenvalue weighted by atomic mass is 16.5. The smallest absolute Gasteiger partial charge is 0.119 e. The fourth-order valence-corrected chi connectivity index (χ4v) is 3.71. The Morgan fingerprint density at radius 2 is 2.23 bits per heavy atom. The van der Waals surface area contributed by atoms with Crippen LogP contribution in [0.15, 0.2) is 18.2 Å². The molecule has 0 amide bonds. The molecule has 3 rings (SSSR count). The third kappa shape index (κ3) is 2.28. The zero-order valence-corrected chi connectivity index (χ0v) is 13.7. The first-order valence-corrected chi connectivity index (χ1v) is 8.07. The van der Waals surface area contributed by atoms with Crippen LogP contribution in [0, 0.1) is 12.3 Å². The summed E-state index contributed by atoms with van der Waals surface area (Å²) in [6.07, 6.45) is 7.72. The normalized spacial score (nSPS) is 18.2. The Morgan fingerprint density at radius 1 is 1.41 bits per heavy atom. The van der Waals surface area contributed by atoms with Crippen molar-refractivity contribution >= 4 is 10.9 Å². The van der Waals surface area contributed by atoms with Crippen molar-refractivity contribution in [3.63, 3.8) is 0 Å². The number of ether oxygens (including phenoxy) is 1. The molecule has 0 bridgehead atoms. The third-order valence-electron chi connectivity index (χ3n) is 4.75. The second-order valence-electron chi connectivity index (χ2n) is 6.00. The minimum absolute atomic E-state index is 0.366. The van der Waals surface area contributed by atoms with E-state index >= 15 is 0 Å². The summed E-state index contributed by atoms with van der Waals surface area (Å²) in [7, 11) is 1.73. The largest absolute Gasteiger partial charge is 0.497 e. The highest BCUT2D eigenvalue weighted by Gasteiger charge is 2.29. The predicted octanol–water partition coefficient (Wildman–Crippen LogP) is 3.61. The number of rotatable bonds is 4. The number of hydrogen-bond donors (Lipinski definition) is 0. The molecule has 1 unspecified atom stereocenters. The maximum atomic E-state index is 5.54. The standard InChI is InChI=1S/C19H24N2O/c1-5-10-20-12-9-16-17-13-15(22-4)7-8-18(17)21(11-6-2)19(16)14(20)3/h1,7-8,13-14H,6,9-12H2,2-4H3. The van der Waals surface area contributed by atoms with Crippen LogP contribution in [0.5, 0.6) is 5.75 Å². The molecule has 3 nitrogen and oxygen atoms in total. The van der Waals surface area contributed by atoms with E-state index in [1.807, 2.05) is 0 Å². The zero-order chi connectivity index (χ0) is 15.7. The quantitative estimate of drug-likeness (QED) is 0.802. The highest BCUT2D eigenvalue weighted by Crippen LogP contribution is 2.38. The lowest BCUT2D eigenvalue weighted by atomic mass is 9.98. The molecule has 0 radical (unpaired) electrons. The van der Waals surface area contributed by atoms with Gasteiger partial charge in [-0.25, -0.2) is 0 Å². The molecule has 1 aromatic heterocycles. The molecule has 0 N–H and O–H groups in total. The van der Waals surface area contributed by atoms with Crippen LogP contribution in [0.3, 0.4) is 0 Å². The van der Waals surface area contributed by atoms with Crippen molar-refractivity contribution in [2.45, 2.75) is 39.3 Å². The first kappa shape index (κ1) is 15.0. The van der Waals surface area contributed by atoms with Gasteiger partial charge in [-0.1, -0.05) is 12.8 Å². The van der Waals surface area contributed by atoms with Gasteiger partial charge in [0.25, 0.3) is 0 Å². The highest BCUT2D eigenvalue weighted by molar-refractivity contribution is 5.87. The van der Waals surface area contributed by atoms with Gasteiger partial charge in [-0.3, -0.25) is 4.90 Å². The lowest BCUT2D eigenvalue weighted by Crippen LogP contribution is -2.35. The van der Waals surface area contributed by atoms with E-state index in [9.17, 15) is 0 Å². The summed E-state index contributed by atoms with van der Waals surface area (Å²) < 4.78 is 7.91. The second kappa shape index (κ2) is 6.06. The van der Waals surface area contributed by atoms with Gasteiger partial charge in [-0.2, -0.15) is 0 Å². The minimum atomic E-state index is 0.366. The summed E-state index contributed by atoms with van der Waals surface area (Å²) in [5.74, 6) is 3.73. The Balaban J connectivity index is 2.19. The fourth-order valence-electron chi connectivity index (χ4n) is 3.71. The predicted molar refractivity (Wildman–Crippen MR) is 91.3 cm³/mol. The average molecular weight is 296 g/mol. The Hall–Kier alpha value is -1.92. The van der Waals surface area contributed by atoms with Gasteiger partial charge >= 0.3 is 0 Å². The van der Waals surface area contributed by atoms with E-state index in [0.29, 0.717) is 6.04 Å². The van der Waals surface area contributed by atoms with E-state index in [4.69, 9.17) is 11.2 Å². The molecule has 2 aromatic rings. The van der Waals surface area contributed by atoms with Crippen LogP contribution in [0.25, 0.3) is 10.9 Å². The number of aromatic nitrogens is 1. The number of terminal acetylenes is 1. The van der Waals surface area contributed by atoms with Gasteiger partial charge in [-0.05, 0) is 43.5 Å². The molecule has 22 heavy (non-hydrogen) atoms. The van der Waals surface area contributed by atoms with Crippen LogP contribution in [-0.2, 0) is 13.0 Å². The van der Waals surface area contributed by atoms with Gasteiger partial charge in [0.1, 0.15) is 5.75 Å². The molecule has 0 spiro atoms. The van der Waals surface area contributed by atoms with Crippen molar-refractivity contribution in [3.05, 3.63) is 29.5 Å². The van der Waals surface area contributed by atoms with Gasteiger partial charge in [0.2, 0.25) is 0 Å². The van der Waals surface area contributed by atoms with Gasteiger partial charge in [0, 0.05) is 35.7 Å². The van der Waals surface area contributed by atoms with Gasteiger partial charge in [0.15, 0.2) is 0 Å². The molecule has 1 aliphatic rings. The van der Waals surface area contributed by atoms with E-state index in [0.717, 1.165) is 38.2 Å². The van der Waals surface area contributed by atoms with Crippen molar-refractivity contribution in [3.8, 4) is 18.1 Å². The van der Waals surface area contributed by atoms with Crippen molar-refractivity contribution in [1.29, 1.82) is 0 Å². The first-order valence-electron chi connectivity index (χ1n) is 8.07. The number of hydrogen-bond acceptors (Lipinski definition) is 2. The summed E-state index contributed by atoms with van der Waals surface area (Å²) in [6, 6.07) is 6.80. The molecule has 2 heterocycles. The molecule has 3 heteroatoms. The number of benzene rings is 1. The van der Waals surface area contributed by atoms with Crippen molar-refractivity contribution in [2.75, 3.05) is 20.2 Å². The lowest BCUT2D eigenvalue weighted by Gasteiger charge is -2.33. The third-order valence-corrected chi connectivity index (χ3v) is 4.75. The first-order chi connectivity index (χ1) is 10.7. The maximum Gasteiger partial charge on any atom is 0.119 e. The Kier molecular flexibility index (Phi) is 4.13. The molecule has 1 aromatic carbocycles. The summed E-state index contributed by atoms with van der Waals surface area (Å²) in [6.45, 7) is 7.30. The van der Waals surface area contributed by atoms with E-state index < -0.39 is 0 Å². The summed E-state index contributed by atoms with van der Waals surface area (Å²) >= 11 is 0. The molecule has 1 aliphatic heterocycles. The molecular weight excluding hydrogens is 272 g/mol. The second-order valence-corrected chi connectivity index (χ2v) is 6.00.